The number of carbonyl (C=O) groups excluding carboxylic acids is 1. The summed E-state index contributed by atoms with van der Waals surface area (Å²) in [4.78, 5) is 11.6. The Kier molecular flexibility index (Phi) is 2.49. The zero-order valence-corrected chi connectivity index (χ0v) is 8.03. The van der Waals surface area contributed by atoms with Crippen molar-refractivity contribution >= 4 is 5.78 Å². The number of carbonyl (C=O) groups is 1. The molecule has 0 saturated heterocycles. The Hall–Kier alpha value is -0.630. The SMILES string of the molecule is COCCC[C@H]1C(=O)[C@H]2CC=C[C@H]21. The van der Waals surface area contributed by atoms with E-state index in [0.29, 0.717) is 23.5 Å². The monoisotopic (exact) mass is 180 g/mol. The summed E-state index contributed by atoms with van der Waals surface area (Å²) < 4.78 is 4.98. The number of fused-ring (bicyclic) bond motifs is 1. The second-order valence-corrected chi connectivity index (χ2v) is 3.99. The third-order valence-electron chi connectivity index (χ3n) is 3.27. The van der Waals surface area contributed by atoms with Gasteiger partial charge in [-0.15, -0.1) is 0 Å². The normalized spacial score (nSPS) is 36.1. The highest BCUT2D eigenvalue weighted by atomic mass is 16.5. The summed E-state index contributed by atoms with van der Waals surface area (Å²) in [6, 6.07) is 0. The number of hydrogen-bond donors (Lipinski definition) is 0. The summed E-state index contributed by atoms with van der Waals surface area (Å²) in [5.74, 6) is 1.74. The number of methoxy groups -OCH3 is 1. The van der Waals surface area contributed by atoms with E-state index in [9.17, 15) is 4.79 Å². The molecular weight excluding hydrogens is 164 g/mol. The summed E-state index contributed by atoms with van der Waals surface area (Å²) in [5, 5.41) is 0. The largest absolute Gasteiger partial charge is 0.385 e. The topological polar surface area (TPSA) is 26.3 Å². The van der Waals surface area contributed by atoms with Crippen LogP contribution in [0.15, 0.2) is 12.2 Å². The van der Waals surface area contributed by atoms with Gasteiger partial charge in [-0.25, -0.2) is 0 Å². The van der Waals surface area contributed by atoms with Crippen molar-refractivity contribution in [1.82, 2.24) is 0 Å². The molecule has 1 fully saturated rings. The van der Waals surface area contributed by atoms with Gasteiger partial charge in [0.05, 0.1) is 0 Å². The molecule has 2 aliphatic rings. The summed E-state index contributed by atoms with van der Waals surface area (Å²) in [6.45, 7) is 0.783. The Bertz CT molecular complexity index is 232. The molecule has 2 heteroatoms. The van der Waals surface area contributed by atoms with Gasteiger partial charge < -0.3 is 4.74 Å². The lowest BCUT2D eigenvalue weighted by Gasteiger charge is -2.38. The molecule has 0 N–H and O–H groups in total. The molecule has 0 aromatic carbocycles. The molecule has 3 atom stereocenters. The van der Waals surface area contributed by atoms with Gasteiger partial charge in [0.1, 0.15) is 5.78 Å². The van der Waals surface area contributed by atoms with Crippen molar-refractivity contribution in [3.8, 4) is 0 Å². The van der Waals surface area contributed by atoms with Crippen molar-refractivity contribution in [1.29, 1.82) is 0 Å². The lowest BCUT2D eigenvalue weighted by atomic mass is 9.64. The van der Waals surface area contributed by atoms with Crippen LogP contribution in [0.1, 0.15) is 19.3 Å². The van der Waals surface area contributed by atoms with Gasteiger partial charge in [0, 0.05) is 25.6 Å². The van der Waals surface area contributed by atoms with Gasteiger partial charge >= 0.3 is 0 Å². The third-order valence-corrected chi connectivity index (χ3v) is 3.27. The standard InChI is InChI=1S/C11H16O2/c1-13-7-3-6-10-8-4-2-5-9(8)11(10)12/h2,4,8-10H,3,5-7H2,1H3/t8-,9+,10-/m1/s1. The first-order valence-corrected chi connectivity index (χ1v) is 5.04. The number of allylic oxidation sites excluding steroid dienone is 2. The molecule has 2 nitrogen and oxygen atoms in total. The molecule has 2 aliphatic carbocycles. The molecule has 0 aromatic heterocycles. The van der Waals surface area contributed by atoms with E-state index in [1.165, 1.54) is 0 Å². The van der Waals surface area contributed by atoms with Crippen molar-refractivity contribution in [3.05, 3.63) is 12.2 Å². The fourth-order valence-corrected chi connectivity index (χ4v) is 2.52. The third kappa shape index (κ3) is 1.44. The van der Waals surface area contributed by atoms with E-state index in [4.69, 9.17) is 4.74 Å². The maximum absolute atomic E-state index is 11.6. The van der Waals surface area contributed by atoms with Crippen LogP contribution in [-0.2, 0) is 9.53 Å². The molecule has 13 heavy (non-hydrogen) atoms. The van der Waals surface area contributed by atoms with Crippen molar-refractivity contribution in [2.75, 3.05) is 13.7 Å². The quantitative estimate of drug-likeness (QED) is 0.487. The van der Waals surface area contributed by atoms with Crippen LogP contribution in [0.2, 0.25) is 0 Å². The van der Waals surface area contributed by atoms with Crippen LogP contribution in [0.3, 0.4) is 0 Å². The molecule has 0 unspecified atom stereocenters. The van der Waals surface area contributed by atoms with Gasteiger partial charge in [0.15, 0.2) is 0 Å². The molecule has 0 radical (unpaired) electrons. The minimum atomic E-state index is 0.318. The minimum Gasteiger partial charge on any atom is -0.385 e. The number of hydrogen-bond acceptors (Lipinski definition) is 2. The Morgan fingerprint density at radius 3 is 3.23 bits per heavy atom. The first-order valence-electron chi connectivity index (χ1n) is 5.04. The molecule has 0 aromatic rings. The second-order valence-electron chi connectivity index (χ2n) is 3.99. The summed E-state index contributed by atoms with van der Waals surface area (Å²) in [6.07, 6.45) is 7.40. The van der Waals surface area contributed by atoms with Crippen LogP contribution >= 0.6 is 0 Å². The Labute approximate surface area is 79.0 Å². The smallest absolute Gasteiger partial charge is 0.140 e. The number of ether oxygens (including phenoxy) is 1. The van der Waals surface area contributed by atoms with Gasteiger partial charge in [-0.05, 0) is 25.2 Å². The number of rotatable bonds is 4. The van der Waals surface area contributed by atoms with Crippen molar-refractivity contribution in [3.63, 3.8) is 0 Å². The van der Waals surface area contributed by atoms with Crippen molar-refractivity contribution in [2.45, 2.75) is 19.3 Å². The highest BCUT2D eigenvalue weighted by Crippen LogP contribution is 2.46. The summed E-state index contributed by atoms with van der Waals surface area (Å²) in [7, 11) is 1.71. The van der Waals surface area contributed by atoms with E-state index in [-0.39, 0.29) is 0 Å². The van der Waals surface area contributed by atoms with E-state index in [0.717, 1.165) is 25.9 Å². The van der Waals surface area contributed by atoms with Crippen LogP contribution < -0.4 is 0 Å². The number of ketones is 1. The lowest BCUT2D eigenvalue weighted by Crippen LogP contribution is -2.44. The molecule has 0 heterocycles. The van der Waals surface area contributed by atoms with Crippen LogP contribution in [0.25, 0.3) is 0 Å². The lowest BCUT2D eigenvalue weighted by molar-refractivity contribution is -0.139. The van der Waals surface area contributed by atoms with E-state index in [1.54, 1.807) is 7.11 Å². The van der Waals surface area contributed by atoms with Gasteiger partial charge in [-0.3, -0.25) is 4.79 Å². The molecule has 72 valence electrons. The zero-order chi connectivity index (χ0) is 9.26. The molecule has 0 aliphatic heterocycles. The molecule has 1 saturated carbocycles. The van der Waals surface area contributed by atoms with Crippen LogP contribution in [-0.4, -0.2) is 19.5 Å². The van der Waals surface area contributed by atoms with E-state index < -0.39 is 0 Å². The van der Waals surface area contributed by atoms with Crippen molar-refractivity contribution in [2.24, 2.45) is 17.8 Å². The van der Waals surface area contributed by atoms with E-state index >= 15 is 0 Å². The summed E-state index contributed by atoms with van der Waals surface area (Å²) in [5.41, 5.74) is 0. The second kappa shape index (κ2) is 3.62. The van der Waals surface area contributed by atoms with Crippen LogP contribution in [0.5, 0.6) is 0 Å². The van der Waals surface area contributed by atoms with Crippen LogP contribution in [0, 0.1) is 17.8 Å². The highest BCUT2D eigenvalue weighted by Gasteiger charge is 2.48. The highest BCUT2D eigenvalue weighted by molar-refractivity contribution is 5.91. The average Bonchev–Trinajstić information content (AvgIpc) is 2.56. The maximum Gasteiger partial charge on any atom is 0.140 e. The van der Waals surface area contributed by atoms with Gasteiger partial charge in [-0.1, -0.05) is 12.2 Å². The first kappa shape index (κ1) is 8.95. The van der Waals surface area contributed by atoms with Gasteiger partial charge in [-0.2, -0.15) is 0 Å². The zero-order valence-electron chi connectivity index (χ0n) is 8.03. The van der Waals surface area contributed by atoms with Crippen LogP contribution in [0.4, 0.5) is 0 Å². The van der Waals surface area contributed by atoms with E-state index in [1.807, 2.05) is 0 Å². The Balaban J connectivity index is 1.80. The molecule has 0 spiro atoms. The van der Waals surface area contributed by atoms with Crippen molar-refractivity contribution < 1.29 is 9.53 Å². The molecule has 2 rings (SSSR count). The molecule has 0 amide bonds. The first-order chi connectivity index (χ1) is 6.34. The fraction of sp³-hybridized carbons (Fsp3) is 0.727. The van der Waals surface area contributed by atoms with Gasteiger partial charge in [0.2, 0.25) is 0 Å². The minimum absolute atomic E-state index is 0.318. The number of Topliss-reactive ketones (excluding diaryl/α,β-unsaturated/α-hetero) is 1. The molecule has 0 bridgehead atoms. The fourth-order valence-electron chi connectivity index (χ4n) is 2.52. The molecular formula is C11H16O2. The van der Waals surface area contributed by atoms with Gasteiger partial charge in [0.25, 0.3) is 0 Å². The van der Waals surface area contributed by atoms with E-state index in [2.05, 4.69) is 12.2 Å². The summed E-state index contributed by atoms with van der Waals surface area (Å²) >= 11 is 0. The predicted octanol–water partition coefficient (Wildman–Crippen LogP) is 1.80. The maximum atomic E-state index is 11.6. The predicted molar refractivity (Wildman–Crippen MR) is 50.3 cm³/mol. The Morgan fingerprint density at radius 2 is 2.46 bits per heavy atom. The average molecular weight is 180 g/mol. The Morgan fingerprint density at radius 1 is 1.62 bits per heavy atom.